The molecule has 0 unspecified atom stereocenters. The highest BCUT2D eigenvalue weighted by Crippen LogP contribution is 2.33. The third kappa shape index (κ3) is 4.24. The molecular weight excluding hydrogens is 398 g/mol. The first-order valence-electron chi connectivity index (χ1n) is 8.60. The van der Waals surface area contributed by atoms with Crippen molar-refractivity contribution < 1.29 is 14.3 Å². The molecule has 4 rings (SSSR count). The lowest BCUT2D eigenvalue weighted by atomic mass is 10.1. The van der Waals surface area contributed by atoms with Crippen LogP contribution in [-0.4, -0.2) is 33.0 Å². The van der Waals surface area contributed by atoms with Crippen molar-refractivity contribution in [2.75, 3.05) is 17.2 Å². The van der Waals surface area contributed by atoms with E-state index in [1.54, 1.807) is 17.5 Å². The van der Waals surface area contributed by atoms with Crippen molar-refractivity contribution in [3.8, 4) is 17.0 Å². The third-order valence-electron chi connectivity index (χ3n) is 4.14. The van der Waals surface area contributed by atoms with Gasteiger partial charge in [0, 0.05) is 36.2 Å². The Balaban J connectivity index is 1.41. The number of H-pyrrole nitrogens is 1. The number of aromatic amines is 1. The average Bonchev–Trinajstić information content (AvgIpc) is 3.15. The van der Waals surface area contributed by atoms with E-state index in [0.29, 0.717) is 22.3 Å². The summed E-state index contributed by atoms with van der Waals surface area (Å²) < 4.78 is 6.58. The quantitative estimate of drug-likeness (QED) is 0.572. The number of hydrogen-bond donors (Lipinski definition) is 3. The zero-order valence-corrected chi connectivity index (χ0v) is 15.7. The first-order valence-corrected chi connectivity index (χ1v) is 9.48. The molecule has 0 radical (unpaired) electrons. The van der Waals surface area contributed by atoms with Gasteiger partial charge in [0.15, 0.2) is 11.7 Å². The van der Waals surface area contributed by atoms with Gasteiger partial charge in [-0.15, -0.1) is 11.3 Å². The van der Waals surface area contributed by atoms with Crippen molar-refractivity contribution in [2.24, 2.45) is 0 Å². The number of carbonyl (C=O) groups excluding carboxylic acids is 2. The molecular formula is C18H15N5O5S. The lowest BCUT2D eigenvalue weighted by Gasteiger charge is -2.18. The predicted octanol–water partition coefficient (Wildman–Crippen LogP) is 1.02. The van der Waals surface area contributed by atoms with Crippen LogP contribution in [0.15, 0.2) is 45.4 Å². The molecule has 1 aliphatic rings. The van der Waals surface area contributed by atoms with E-state index in [4.69, 9.17) is 4.74 Å². The minimum atomic E-state index is -0.565. The number of amides is 2. The van der Waals surface area contributed by atoms with Crippen LogP contribution in [0, 0.1) is 0 Å². The Morgan fingerprint density at radius 1 is 1.28 bits per heavy atom. The summed E-state index contributed by atoms with van der Waals surface area (Å²) >= 11 is 1.26. The molecule has 1 aromatic carbocycles. The summed E-state index contributed by atoms with van der Waals surface area (Å²) in [5, 5.41) is 7.63. The molecule has 2 aromatic heterocycles. The molecule has 1 aliphatic heterocycles. The SMILES string of the molecule is O=C(CCn1ccc(=O)[nH]c1=O)Nc1nc(-c2ccc3c(c2)NC(=O)CO3)cs1. The van der Waals surface area contributed by atoms with Gasteiger partial charge in [0.2, 0.25) is 5.91 Å². The predicted molar refractivity (Wildman–Crippen MR) is 106 cm³/mol. The van der Waals surface area contributed by atoms with Crippen LogP contribution in [0.3, 0.4) is 0 Å². The highest BCUT2D eigenvalue weighted by Gasteiger charge is 2.17. The Morgan fingerprint density at radius 3 is 2.97 bits per heavy atom. The zero-order chi connectivity index (χ0) is 20.4. The molecule has 0 atom stereocenters. The smallest absolute Gasteiger partial charge is 0.328 e. The Bertz CT molecular complexity index is 1210. The van der Waals surface area contributed by atoms with Crippen molar-refractivity contribution in [1.29, 1.82) is 0 Å². The Hall–Kier alpha value is -3.73. The number of ether oxygens (including phenoxy) is 1. The molecule has 10 nitrogen and oxygen atoms in total. The summed E-state index contributed by atoms with van der Waals surface area (Å²) in [5.74, 6) is 0.0622. The van der Waals surface area contributed by atoms with Crippen LogP contribution in [0.2, 0.25) is 0 Å². The Kier molecular flexibility index (Phi) is 4.96. The van der Waals surface area contributed by atoms with Crippen molar-refractivity contribution in [2.45, 2.75) is 13.0 Å². The maximum absolute atomic E-state index is 12.1. The molecule has 2 amide bonds. The summed E-state index contributed by atoms with van der Waals surface area (Å²) in [5.41, 5.74) is 0.934. The van der Waals surface area contributed by atoms with Crippen molar-refractivity contribution in [3.63, 3.8) is 0 Å². The highest BCUT2D eigenvalue weighted by atomic mass is 32.1. The second-order valence-electron chi connectivity index (χ2n) is 6.19. The third-order valence-corrected chi connectivity index (χ3v) is 4.89. The monoisotopic (exact) mass is 413 g/mol. The molecule has 0 fully saturated rings. The van der Waals surface area contributed by atoms with E-state index < -0.39 is 11.2 Å². The number of aromatic nitrogens is 3. The average molecular weight is 413 g/mol. The molecule has 29 heavy (non-hydrogen) atoms. The molecule has 0 aliphatic carbocycles. The van der Waals surface area contributed by atoms with E-state index in [-0.39, 0.29) is 31.4 Å². The fourth-order valence-corrected chi connectivity index (χ4v) is 3.47. The van der Waals surface area contributed by atoms with Crippen LogP contribution in [0.25, 0.3) is 11.3 Å². The summed E-state index contributed by atoms with van der Waals surface area (Å²) in [7, 11) is 0. The van der Waals surface area contributed by atoms with E-state index in [2.05, 4.69) is 20.6 Å². The van der Waals surface area contributed by atoms with Crippen LogP contribution in [0.4, 0.5) is 10.8 Å². The molecule has 3 aromatic rings. The molecule has 148 valence electrons. The van der Waals surface area contributed by atoms with E-state index in [1.807, 2.05) is 6.07 Å². The number of nitrogens with zero attached hydrogens (tertiary/aromatic N) is 2. The number of hydrogen-bond acceptors (Lipinski definition) is 7. The molecule has 0 saturated heterocycles. The fraction of sp³-hybridized carbons (Fsp3) is 0.167. The van der Waals surface area contributed by atoms with Gasteiger partial charge in [0.05, 0.1) is 11.4 Å². The molecule has 3 N–H and O–H groups in total. The maximum atomic E-state index is 12.1. The minimum absolute atomic E-state index is 0.00951. The normalized spacial score (nSPS) is 12.6. The summed E-state index contributed by atoms with van der Waals surface area (Å²) in [6, 6.07) is 6.55. The van der Waals surface area contributed by atoms with Crippen molar-refractivity contribution in [3.05, 3.63) is 56.7 Å². The number of fused-ring (bicyclic) bond motifs is 1. The number of thiazole rings is 1. The van der Waals surface area contributed by atoms with Gasteiger partial charge in [0.25, 0.3) is 11.5 Å². The van der Waals surface area contributed by atoms with Crippen molar-refractivity contribution >= 4 is 34.0 Å². The number of carbonyl (C=O) groups is 2. The van der Waals surface area contributed by atoms with Crippen molar-refractivity contribution in [1.82, 2.24) is 14.5 Å². The van der Waals surface area contributed by atoms with E-state index >= 15 is 0 Å². The number of benzene rings is 1. The van der Waals surface area contributed by atoms with Gasteiger partial charge in [-0.3, -0.25) is 19.4 Å². The summed E-state index contributed by atoms with van der Waals surface area (Å²) in [4.78, 5) is 52.8. The van der Waals surface area contributed by atoms with E-state index in [9.17, 15) is 19.2 Å². The zero-order valence-electron chi connectivity index (χ0n) is 14.9. The Labute approximate surface area is 167 Å². The molecule has 0 bridgehead atoms. The van der Waals surface area contributed by atoms with E-state index in [0.717, 1.165) is 5.56 Å². The van der Waals surface area contributed by atoms with Gasteiger partial charge in [-0.25, -0.2) is 9.78 Å². The van der Waals surface area contributed by atoms with Gasteiger partial charge < -0.3 is 19.9 Å². The van der Waals surface area contributed by atoms with Gasteiger partial charge in [0.1, 0.15) is 5.75 Å². The first-order chi connectivity index (χ1) is 14.0. The van der Waals surface area contributed by atoms with Gasteiger partial charge >= 0.3 is 5.69 Å². The standard InChI is InChI=1S/C18H15N5O5S/c24-14(3-5-23-6-4-15(25)22-18(23)27)21-17-20-12(9-29-17)10-1-2-13-11(7-10)19-16(26)8-28-13/h1-2,4,6-7,9H,3,5,8H2,(H,19,26)(H,20,21,24)(H,22,25,27). The fourth-order valence-electron chi connectivity index (χ4n) is 2.73. The van der Waals surface area contributed by atoms with Crippen LogP contribution in [0.5, 0.6) is 5.75 Å². The number of anilines is 2. The molecule has 3 heterocycles. The number of aryl methyl sites for hydroxylation is 1. The largest absolute Gasteiger partial charge is 0.482 e. The number of nitrogens with one attached hydrogen (secondary N) is 3. The second-order valence-corrected chi connectivity index (χ2v) is 7.05. The highest BCUT2D eigenvalue weighted by molar-refractivity contribution is 7.14. The van der Waals surface area contributed by atoms with Gasteiger partial charge in [-0.1, -0.05) is 0 Å². The first kappa shape index (κ1) is 18.6. The second kappa shape index (κ2) is 7.72. The van der Waals surface area contributed by atoms with Crippen LogP contribution in [-0.2, 0) is 16.1 Å². The van der Waals surface area contributed by atoms with Crippen LogP contribution in [0.1, 0.15) is 6.42 Å². The summed E-state index contributed by atoms with van der Waals surface area (Å²) in [6.07, 6.45) is 1.39. The maximum Gasteiger partial charge on any atom is 0.328 e. The molecule has 11 heteroatoms. The van der Waals surface area contributed by atoms with Crippen LogP contribution < -0.4 is 26.6 Å². The van der Waals surface area contributed by atoms with Gasteiger partial charge in [-0.05, 0) is 18.2 Å². The lowest BCUT2D eigenvalue weighted by molar-refractivity contribution is -0.118. The van der Waals surface area contributed by atoms with Gasteiger partial charge in [-0.2, -0.15) is 0 Å². The molecule has 0 saturated carbocycles. The molecule has 0 spiro atoms. The minimum Gasteiger partial charge on any atom is -0.482 e. The summed E-state index contributed by atoms with van der Waals surface area (Å²) in [6.45, 7) is 0.120. The van der Waals surface area contributed by atoms with E-state index in [1.165, 1.54) is 28.2 Å². The number of rotatable bonds is 5. The Morgan fingerprint density at radius 2 is 2.14 bits per heavy atom. The topological polar surface area (TPSA) is 135 Å². The lowest BCUT2D eigenvalue weighted by Crippen LogP contribution is -2.29. The van der Waals surface area contributed by atoms with Crippen LogP contribution >= 0.6 is 11.3 Å².